The fourth-order valence-corrected chi connectivity index (χ4v) is 2.42. The number of methoxy groups -OCH3 is 3. The van der Waals surface area contributed by atoms with E-state index in [-0.39, 0.29) is 0 Å². The van der Waals surface area contributed by atoms with Gasteiger partial charge in [0.25, 0.3) is 0 Å². The van der Waals surface area contributed by atoms with E-state index in [1.807, 2.05) is 17.7 Å². The molecule has 0 radical (unpaired) electrons. The molecule has 0 aliphatic heterocycles. The van der Waals surface area contributed by atoms with E-state index in [1.54, 1.807) is 39.8 Å². The molecule has 0 saturated heterocycles. The molecule has 8 nitrogen and oxygen atoms in total. The molecule has 8 heteroatoms. The van der Waals surface area contributed by atoms with Crippen LogP contribution >= 0.6 is 0 Å². The molecule has 0 spiro atoms. The standard InChI is InChI=1S/C16H18N4O4/c1-10-7-20(9-17-10)8-13-18-16(19-24-13)11-5-6-12(21-2)15(23-4)14(11)22-3/h5-7,9H,8H2,1-4H3. The van der Waals surface area contributed by atoms with Crippen LogP contribution in [0.2, 0.25) is 0 Å². The fourth-order valence-electron chi connectivity index (χ4n) is 2.42. The molecule has 0 unspecified atom stereocenters. The third-order valence-corrected chi connectivity index (χ3v) is 3.49. The van der Waals surface area contributed by atoms with Crippen molar-refractivity contribution < 1.29 is 18.7 Å². The minimum absolute atomic E-state index is 0.416. The zero-order valence-corrected chi connectivity index (χ0v) is 13.9. The fraction of sp³-hybridized carbons (Fsp3) is 0.312. The molecule has 2 heterocycles. The molecule has 2 aromatic heterocycles. The lowest BCUT2D eigenvalue weighted by Crippen LogP contribution is -1.98. The molecule has 3 rings (SSSR count). The maximum absolute atomic E-state index is 5.45. The van der Waals surface area contributed by atoms with Gasteiger partial charge in [0.2, 0.25) is 17.5 Å². The van der Waals surface area contributed by atoms with Crippen molar-refractivity contribution in [3.05, 3.63) is 36.2 Å². The average Bonchev–Trinajstić information content (AvgIpc) is 3.22. The molecule has 0 atom stereocenters. The number of aryl methyl sites for hydroxylation is 1. The number of ether oxygens (including phenoxy) is 3. The third kappa shape index (κ3) is 2.90. The van der Waals surface area contributed by atoms with Crippen molar-refractivity contribution in [3.63, 3.8) is 0 Å². The summed E-state index contributed by atoms with van der Waals surface area (Å²) in [7, 11) is 4.67. The van der Waals surface area contributed by atoms with Gasteiger partial charge in [-0.15, -0.1) is 0 Å². The van der Waals surface area contributed by atoms with E-state index in [4.69, 9.17) is 18.7 Å². The first-order valence-corrected chi connectivity index (χ1v) is 7.26. The van der Waals surface area contributed by atoms with Crippen LogP contribution in [0.4, 0.5) is 0 Å². The summed E-state index contributed by atoms with van der Waals surface area (Å²) in [6.07, 6.45) is 3.62. The Labute approximate surface area is 139 Å². The van der Waals surface area contributed by atoms with Gasteiger partial charge in [-0.3, -0.25) is 0 Å². The van der Waals surface area contributed by atoms with E-state index in [1.165, 1.54) is 0 Å². The summed E-state index contributed by atoms with van der Waals surface area (Å²) in [6, 6.07) is 3.57. The van der Waals surface area contributed by atoms with Crippen LogP contribution in [0.3, 0.4) is 0 Å². The predicted molar refractivity (Wildman–Crippen MR) is 85.5 cm³/mol. The number of rotatable bonds is 6. The highest BCUT2D eigenvalue weighted by Crippen LogP contribution is 2.43. The van der Waals surface area contributed by atoms with E-state index in [0.717, 1.165) is 5.69 Å². The normalized spacial score (nSPS) is 10.7. The Morgan fingerprint density at radius 3 is 2.50 bits per heavy atom. The molecule has 24 heavy (non-hydrogen) atoms. The molecule has 126 valence electrons. The quantitative estimate of drug-likeness (QED) is 0.685. The molecule has 0 amide bonds. The molecule has 0 aliphatic rings. The van der Waals surface area contributed by atoms with E-state index >= 15 is 0 Å². The summed E-state index contributed by atoms with van der Waals surface area (Å²) in [5, 5.41) is 4.03. The largest absolute Gasteiger partial charge is 0.493 e. The van der Waals surface area contributed by atoms with E-state index in [2.05, 4.69) is 15.1 Å². The highest BCUT2D eigenvalue weighted by Gasteiger charge is 2.20. The van der Waals surface area contributed by atoms with Gasteiger partial charge < -0.3 is 23.3 Å². The maximum atomic E-state index is 5.45. The van der Waals surface area contributed by atoms with E-state index in [9.17, 15) is 0 Å². The molecular formula is C16H18N4O4. The number of nitrogens with zero attached hydrogens (tertiary/aromatic N) is 4. The van der Waals surface area contributed by atoms with Crippen molar-refractivity contribution in [2.75, 3.05) is 21.3 Å². The summed E-state index contributed by atoms with van der Waals surface area (Å²) in [5.41, 5.74) is 1.59. The Bertz CT molecular complexity index is 840. The van der Waals surface area contributed by atoms with Crippen molar-refractivity contribution >= 4 is 0 Å². The number of imidazole rings is 1. The minimum Gasteiger partial charge on any atom is -0.493 e. The number of hydrogen-bond donors (Lipinski definition) is 0. The molecule has 3 aromatic rings. The van der Waals surface area contributed by atoms with Crippen molar-refractivity contribution in [1.29, 1.82) is 0 Å². The van der Waals surface area contributed by atoms with Gasteiger partial charge in [0, 0.05) is 6.20 Å². The molecule has 0 fully saturated rings. The van der Waals surface area contributed by atoms with Gasteiger partial charge in [0.15, 0.2) is 11.5 Å². The topological polar surface area (TPSA) is 84.4 Å². The summed E-state index contributed by atoms with van der Waals surface area (Å²) in [5.74, 6) is 2.42. The second-order valence-electron chi connectivity index (χ2n) is 5.08. The first-order valence-electron chi connectivity index (χ1n) is 7.26. The van der Waals surface area contributed by atoms with Crippen LogP contribution in [0, 0.1) is 6.92 Å². The zero-order valence-electron chi connectivity index (χ0n) is 13.9. The van der Waals surface area contributed by atoms with Crippen LogP contribution in [-0.2, 0) is 6.54 Å². The monoisotopic (exact) mass is 330 g/mol. The van der Waals surface area contributed by atoms with Crippen LogP contribution in [0.25, 0.3) is 11.4 Å². The van der Waals surface area contributed by atoms with Crippen molar-refractivity contribution in [1.82, 2.24) is 19.7 Å². The second-order valence-corrected chi connectivity index (χ2v) is 5.08. The van der Waals surface area contributed by atoms with E-state index in [0.29, 0.717) is 41.1 Å². The smallest absolute Gasteiger partial charge is 0.246 e. The van der Waals surface area contributed by atoms with Crippen molar-refractivity contribution in [2.45, 2.75) is 13.5 Å². The molecule has 0 saturated carbocycles. The van der Waals surface area contributed by atoms with Crippen LogP contribution < -0.4 is 14.2 Å². The second kappa shape index (κ2) is 6.61. The van der Waals surface area contributed by atoms with Gasteiger partial charge in [-0.2, -0.15) is 4.98 Å². The minimum atomic E-state index is 0.416. The molecule has 0 N–H and O–H groups in total. The number of hydrogen-bond acceptors (Lipinski definition) is 7. The molecule has 0 bridgehead atoms. The van der Waals surface area contributed by atoms with Gasteiger partial charge in [-0.1, -0.05) is 5.16 Å². The third-order valence-electron chi connectivity index (χ3n) is 3.49. The maximum Gasteiger partial charge on any atom is 0.246 e. The first-order chi connectivity index (χ1) is 11.7. The Morgan fingerprint density at radius 2 is 1.88 bits per heavy atom. The van der Waals surface area contributed by atoms with Crippen LogP contribution in [0.15, 0.2) is 29.2 Å². The molecule has 0 aliphatic carbocycles. The van der Waals surface area contributed by atoms with Crippen molar-refractivity contribution in [3.8, 4) is 28.6 Å². The van der Waals surface area contributed by atoms with Crippen molar-refractivity contribution in [2.24, 2.45) is 0 Å². The lowest BCUT2D eigenvalue weighted by Gasteiger charge is -2.13. The lowest BCUT2D eigenvalue weighted by molar-refractivity contribution is 0.325. The Hall–Kier alpha value is -3.03. The Morgan fingerprint density at radius 1 is 1.08 bits per heavy atom. The van der Waals surface area contributed by atoms with Gasteiger partial charge in [0.05, 0.1) is 38.9 Å². The van der Waals surface area contributed by atoms with Crippen LogP contribution in [-0.4, -0.2) is 41.0 Å². The molecular weight excluding hydrogens is 312 g/mol. The highest BCUT2D eigenvalue weighted by atomic mass is 16.5. The van der Waals surface area contributed by atoms with Gasteiger partial charge in [-0.25, -0.2) is 4.98 Å². The average molecular weight is 330 g/mol. The Kier molecular flexibility index (Phi) is 4.37. The van der Waals surface area contributed by atoms with Gasteiger partial charge in [0.1, 0.15) is 6.54 Å². The highest BCUT2D eigenvalue weighted by molar-refractivity contribution is 5.71. The SMILES string of the molecule is COc1ccc(-c2noc(Cn3cnc(C)c3)n2)c(OC)c1OC. The summed E-state index contributed by atoms with van der Waals surface area (Å²) < 4.78 is 23.3. The summed E-state index contributed by atoms with van der Waals surface area (Å²) in [6.45, 7) is 2.37. The van der Waals surface area contributed by atoms with E-state index < -0.39 is 0 Å². The van der Waals surface area contributed by atoms with Gasteiger partial charge >= 0.3 is 0 Å². The summed E-state index contributed by atoms with van der Waals surface area (Å²) in [4.78, 5) is 8.59. The van der Waals surface area contributed by atoms with Crippen LogP contribution in [0.1, 0.15) is 11.6 Å². The number of benzene rings is 1. The number of aromatic nitrogens is 4. The predicted octanol–water partition coefficient (Wildman–Crippen LogP) is 2.32. The van der Waals surface area contributed by atoms with Crippen LogP contribution in [0.5, 0.6) is 17.2 Å². The zero-order chi connectivity index (χ0) is 17.1. The Balaban J connectivity index is 1.94. The molecule has 1 aromatic carbocycles. The lowest BCUT2D eigenvalue weighted by atomic mass is 10.1. The first kappa shape index (κ1) is 15.9. The summed E-state index contributed by atoms with van der Waals surface area (Å²) >= 11 is 0. The van der Waals surface area contributed by atoms with Gasteiger partial charge in [-0.05, 0) is 19.1 Å².